The number of carbonyl (C=O) groups is 3. The lowest BCUT2D eigenvalue weighted by Crippen LogP contribution is -2.48. The molecule has 0 spiro atoms. The molecule has 0 aromatic carbocycles. The maximum Gasteiger partial charge on any atom is 0.408 e. The summed E-state index contributed by atoms with van der Waals surface area (Å²) in [5.74, 6) is 0.365. The first-order chi connectivity index (χ1) is 12.3. The summed E-state index contributed by atoms with van der Waals surface area (Å²) in [7, 11) is 0. The Labute approximate surface area is 167 Å². The van der Waals surface area contributed by atoms with Crippen molar-refractivity contribution in [3.05, 3.63) is 0 Å². The number of hydrogen-bond donors (Lipinski definition) is 4. The first-order valence-electron chi connectivity index (χ1n) is 9.19. The number of alkyl carbamates (subject to hydrolysis) is 2. The second-order valence-corrected chi connectivity index (χ2v) is 8.59. The summed E-state index contributed by atoms with van der Waals surface area (Å²) in [6.07, 6.45) is 0.393. The molecule has 0 aromatic rings. The number of carbonyl (C=O) groups excluding carboxylic acids is 3. The van der Waals surface area contributed by atoms with E-state index >= 15 is 0 Å². The Bertz CT molecular complexity index is 486. The van der Waals surface area contributed by atoms with E-state index in [-0.39, 0.29) is 5.91 Å². The molecule has 0 aliphatic heterocycles. The molecule has 0 saturated heterocycles. The Kier molecular flexibility index (Phi) is 11.2. The van der Waals surface area contributed by atoms with E-state index in [4.69, 9.17) is 9.47 Å². The van der Waals surface area contributed by atoms with Crippen molar-refractivity contribution in [3.63, 3.8) is 0 Å². The summed E-state index contributed by atoms with van der Waals surface area (Å²) in [6.45, 7) is 11.4. The van der Waals surface area contributed by atoms with Crippen LogP contribution in [0, 0.1) is 0 Å². The highest BCUT2D eigenvalue weighted by molar-refractivity contribution is 7.80. The predicted octanol–water partition coefficient (Wildman–Crippen LogP) is 2.62. The monoisotopic (exact) mass is 405 g/mol. The van der Waals surface area contributed by atoms with E-state index in [0.717, 1.165) is 6.42 Å². The van der Waals surface area contributed by atoms with Crippen molar-refractivity contribution >= 4 is 30.7 Å². The third kappa shape index (κ3) is 15.1. The van der Waals surface area contributed by atoms with Crippen molar-refractivity contribution in [2.24, 2.45) is 0 Å². The fraction of sp³-hybridized carbons (Fsp3) is 0.833. The van der Waals surface area contributed by atoms with Crippen LogP contribution in [0.3, 0.4) is 0 Å². The highest BCUT2D eigenvalue weighted by Crippen LogP contribution is 2.08. The molecule has 0 aromatic heterocycles. The smallest absolute Gasteiger partial charge is 0.408 e. The Hall–Kier alpha value is -1.64. The zero-order valence-corrected chi connectivity index (χ0v) is 18.2. The van der Waals surface area contributed by atoms with E-state index in [1.54, 1.807) is 41.5 Å². The molecule has 9 heteroatoms. The van der Waals surface area contributed by atoms with Crippen molar-refractivity contribution < 1.29 is 23.9 Å². The van der Waals surface area contributed by atoms with Crippen LogP contribution in [0.15, 0.2) is 0 Å². The van der Waals surface area contributed by atoms with Gasteiger partial charge in [0, 0.05) is 13.1 Å². The van der Waals surface area contributed by atoms with Gasteiger partial charge in [0.1, 0.15) is 17.2 Å². The Morgan fingerprint density at radius 1 is 0.852 bits per heavy atom. The van der Waals surface area contributed by atoms with Crippen molar-refractivity contribution in [1.29, 1.82) is 0 Å². The third-order valence-corrected chi connectivity index (χ3v) is 3.30. The molecule has 0 heterocycles. The average molecular weight is 406 g/mol. The fourth-order valence-electron chi connectivity index (χ4n) is 1.94. The quantitative estimate of drug-likeness (QED) is 0.349. The van der Waals surface area contributed by atoms with Gasteiger partial charge < -0.3 is 25.4 Å². The van der Waals surface area contributed by atoms with Crippen molar-refractivity contribution in [1.82, 2.24) is 16.0 Å². The van der Waals surface area contributed by atoms with Crippen LogP contribution in [0.1, 0.15) is 60.8 Å². The molecule has 0 bridgehead atoms. The minimum atomic E-state index is -0.750. The van der Waals surface area contributed by atoms with E-state index in [9.17, 15) is 14.4 Å². The van der Waals surface area contributed by atoms with Gasteiger partial charge in [0.2, 0.25) is 5.91 Å². The van der Waals surface area contributed by atoms with Gasteiger partial charge in [-0.15, -0.1) is 0 Å². The molecule has 8 nitrogen and oxygen atoms in total. The van der Waals surface area contributed by atoms with E-state index in [2.05, 4.69) is 28.6 Å². The molecule has 0 radical (unpaired) electrons. The molecule has 0 unspecified atom stereocenters. The molecule has 3 amide bonds. The second kappa shape index (κ2) is 11.9. The number of thiol groups is 1. The summed E-state index contributed by atoms with van der Waals surface area (Å²) in [5, 5.41) is 7.98. The van der Waals surface area contributed by atoms with E-state index < -0.39 is 29.4 Å². The SMILES string of the molecule is CC(C)(C)OC(=O)NCCC[C@H](NC(=O)OC(C)(C)C)C(=O)NCCCS. The minimum absolute atomic E-state index is 0.292. The number of rotatable bonds is 9. The molecular formula is C18H35N3O5S. The second-order valence-electron chi connectivity index (χ2n) is 8.14. The molecule has 3 N–H and O–H groups in total. The van der Waals surface area contributed by atoms with Crippen LogP contribution in [-0.2, 0) is 14.3 Å². The first-order valence-corrected chi connectivity index (χ1v) is 9.82. The van der Waals surface area contributed by atoms with Gasteiger partial charge in [-0.1, -0.05) is 0 Å². The Balaban J connectivity index is 4.54. The van der Waals surface area contributed by atoms with Crippen molar-refractivity contribution in [3.8, 4) is 0 Å². The van der Waals surface area contributed by atoms with Gasteiger partial charge in [-0.3, -0.25) is 4.79 Å². The summed E-state index contributed by atoms with van der Waals surface area (Å²) >= 11 is 4.10. The van der Waals surface area contributed by atoms with Crippen LogP contribution >= 0.6 is 12.6 Å². The zero-order chi connectivity index (χ0) is 21.1. The lowest BCUT2D eigenvalue weighted by molar-refractivity contribution is -0.123. The maximum absolute atomic E-state index is 12.3. The lowest BCUT2D eigenvalue weighted by atomic mass is 10.1. The van der Waals surface area contributed by atoms with Crippen LogP contribution in [0.5, 0.6) is 0 Å². The predicted molar refractivity (Wildman–Crippen MR) is 108 cm³/mol. The Morgan fingerprint density at radius 2 is 1.37 bits per heavy atom. The molecule has 0 fully saturated rings. The van der Waals surface area contributed by atoms with Gasteiger partial charge >= 0.3 is 12.2 Å². The third-order valence-electron chi connectivity index (χ3n) is 2.98. The first kappa shape index (κ1) is 25.4. The molecule has 1 atom stereocenters. The van der Waals surface area contributed by atoms with Crippen LogP contribution in [0.2, 0.25) is 0 Å². The van der Waals surface area contributed by atoms with Gasteiger partial charge in [-0.05, 0) is 66.6 Å². The largest absolute Gasteiger partial charge is 0.444 e. The van der Waals surface area contributed by atoms with Crippen LogP contribution in [0.4, 0.5) is 9.59 Å². The summed E-state index contributed by atoms with van der Waals surface area (Å²) in [5.41, 5.74) is -1.23. The Morgan fingerprint density at radius 3 is 1.89 bits per heavy atom. The maximum atomic E-state index is 12.3. The summed E-state index contributed by atoms with van der Waals surface area (Å²) < 4.78 is 10.4. The van der Waals surface area contributed by atoms with Gasteiger partial charge in [0.25, 0.3) is 0 Å². The van der Waals surface area contributed by atoms with Crippen LogP contribution < -0.4 is 16.0 Å². The number of hydrogen-bond acceptors (Lipinski definition) is 6. The fourth-order valence-corrected chi connectivity index (χ4v) is 2.10. The molecule has 0 saturated carbocycles. The topological polar surface area (TPSA) is 106 Å². The lowest BCUT2D eigenvalue weighted by Gasteiger charge is -2.23. The molecule has 0 aliphatic rings. The van der Waals surface area contributed by atoms with Gasteiger partial charge in [0.05, 0.1) is 0 Å². The summed E-state index contributed by atoms with van der Waals surface area (Å²) in [6, 6.07) is -0.750. The van der Waals surface area contributed by atoms with E-state index in [1.807, 2.05) is 0 Å². The number of amides is 3. The normalized spacial score (nSPS) is 12.7. The highest BCUT2D eigenvalue weighted by Gasteiger charge is 2.24. The molecular weight excluding hydrogens is 370 g/mol. The molecule has 0 aliphatic carbocycles. The van der Waals surface area contributed by atoms with Gasteiger partial charge in [0.15, 0.2) is 0 Å². The number of nitrogens with one attached hydrogen (secondary N) is 3. The average Bonchev–Trinajstić information content (AvgIpc) is 2.46. The summed E-state index contributed by atoms with van der Waals surface area (Å²) in [4.78, 5) is 35.9. The zero-order valence-electron chi connectivity index (χ0n) is 17.3. The van der Waals surface area contributed by atoms with E-state index in [1.165, 1.54) is 0 Å². The van der Waals surface area contributed by atoms with Crippen molar-refractivity contribution in [2.75, 3.05) is 18.8 Å². The molecule has 27 heavy (non-hydrogen) atoms. The molecule has 158 valence electrons. The highest BCUT2D eigenvalue weighted by atomic mass is 32.1. The van der Waals surface area contributed by atoms with Crippen LogP contribution in [0.25, 0.3) is 0 Å². The van der Waals surface area contributed by atoms with Gasteiger partial charge in [-0.25, -0.2) is 9.59 Å². The number of ether oxygens (including phenoxy) is 2. The minimum Gasteiger partial charge on any atom is -0.444 e. The van der Waals surface area contributed by atoms with E-state index in [0.29, 0.717) is 31.7 Å². The standard InChI is InChI=1S/C18H35N3O5S/c1-17(2,3)25-15(23)20-10-7-9-13(14(22)19-11-8-12-27)21-16(24)26-18(4,5)6/h13,27H,7-12H2,1-6H3,(H,19,22)(H,20,23)(H,21,24)/t13-/m0/s1. The van der Waals surface area contributed by atoms with Crippen molar-refractivity contribution in [2.45, 2.75) is 78.0 Å². The molecule has 0 rings (SSSR count). The van der Waals surface area contributed by atoms with Crippen LogP contribution in [-0.4, -0.2) is 54.2 Å². The van der Waals surface area contributed by atoms with Gasteiger partial charge in [-0.2, -0.15) is 12.6 Å².